The summed E-state index contributed by atoms with van der Waals surface area (Å²) in [6.45, 7) is 35.4. The van der Waals surface area contributed by atoms with Crippen molar-refractivity contribution >= 4 is 57.2 Å². The van der Waals surface area contributed by atoms with Crippen molar-refractivity contribution < 1.29 is 0 Å². The van der Waals surface area contributed by atoms with Crippen LogP contribution in [0.25, 0.3) is 0 Å². The molecule has 0 saturated heterocycles. The average Bonchev–Trinajstić information content (AvgIpc) is 3.55. The van der Waals surface area contributed by atoms with Crippen LogP contribution in [0.15, 0.2) is 84.9 Å². The van der Waals surface area contributed by atoms with Crippen LogP contribution in [0.2, 0.25) is 0 Å². The zero-order valence-corrected chi connectivity index (χ0v) is 37.2. The van der Waals surface area contributed by atoms with Gasteiger partial charge in [0.25, 0.3) is 6.71 Å². The van der Waals surface area contributed by atoms with Gasteiger partial charge in [-0.1, -0.05) is 140 Å². The molecule has 0 atom stereocenters. The first-order valence-corrected chi connectivity index (χ1v) is 21.3. The molecular formula is C53H65BN2. The lowest BCUT2D eigenvalue weighted by atomic mass is 9.33. The minimum absolute atomic E-state index is 0.00230. The second-order valence-corrected chi connectivity index (χ2v) is 22.4. The Kier molecular flexibility index (Phi) is 8.71. The number of benzene rings is 5. The molecule has 0 bridgehead atoms. The van der Waals surface area contributed by atoms with Gasteiger partial charge in [-0.25, -0.2) is 0 Å². The predicted molar refractivity (Wildman–Crippen MR) is 246 cm³/mol. The van der Waals surface area contributed by atoms with Gasteiger partial charge in [0, 0.05) is 34.1 Å². The van der Waals surface area contributed by atoms with Crippen molar-refractivity contribution in [3.8, 4) is 0 Å². The van der Waals surface area contributed by atoms with Crippen LogP contribution in [0.5, 0.6) is 0 Å². The maximum atomic E-state index is 2.65. The summed E-state index contributed by atoms with van der Waals surface area (Å²) in [5, 5.41) is 0. The normalized spacial score (nSPS) is 15.4. The minimum Gasteiger partial charge on any atom is -0.311 e. The molecule has 2 aliphatic heterocycles. The number of aryl methyl sites for hydroxylation is 2. The smallest absolute Gasteiger partial charge is 0.252 e. The molecule has 0 saturated carbocycles. The van der Waals surface area contributed by atoms with Gasteiger partial charge in [-0.15, -0.1) is 0 Å². The lowest BCUT2D eigenvalue weighted by Crippen LogP contribution is -2.61. The van der Waals surface area contributed by atoms with Crippen molar-refractivity contribution in [2.45, 2.75) is 150 Å². The van der Waals surface area contributed by atoms with E-state index in [1.54, 1.807) is 0 Å². The van der Waals surface area contributed by atoms with Crippen molar-refractivity contribution in [3.05, 3.63) is 124 Å². The number of rotatable bonds is 2. The Labute approximate surface area is 339 Å². The molecule has 0 fully saturated rings. The third-order valence-electron chi connectivity index (χ3n) is 12.9. The van der Waals surface area contributed by atoms with Crippen LogP contribution in [0.3, 0.4) is 0 Å². The van der Waals surface area contributed by atoms with Gasteiger partial charge in [0.1, 0.15) is 0 Å². The topological polar surface area (TPSA) is 6.48 Å². The van der Waals surface area contributed by atoms with Gasteiger partial charge in [-0.05, 0) is 150 Å². The summed E-state index contributed by atoms with van der Waals surface area (Å²) in [6, 6.07) is 34.5. The molecule has 8 rings (SSSR count). The lowest BCUT2D eigenvalue weighted by Gasteiger charge is -2.45. The molecule has 5 aromatic rings. The summed E-state index contributed by atoms with van der Waals surface area (Å²) in [7, 11) is 0. The number of fused-ring (bicyclic) bond motifs is 5. The first kappa shape index (κ1) is 38.6. The van der Waals surface area contributed by atoms with Crippen LogP contribution in [-0.4, -0.2) is 6.71 Å². The molecule has 0 unspecified atom stereocenters. The van der Waals surface area contributed by atoms with Gasteiger partial charge >= 0.3 is 0 Å². The van der Waals surface area contributed by atoms with E-state index in [-0.39, 0.29) is 33.8 Å². The third kappa shape index (κ3) is 6.52. The highest BCUT2D eigenvalue weighted by Crippen LogP contribution is 2.48. The maximum absolute atomic E-state index is 2.65. The first-order chi connectivity index (χ1) is 25.9. The molecule has 2 heterocycles. The van der Waals surface area contributed by atoms with E-state index in [4.69, 9.17) is 0 Å². The number of anilines is 6. The largest absolute Gasteiger partial charge is 0.311 e. The van der Waals surface area contributed by atoms with Crippen molar-refractivity contribution in [2.75, 3.05) is 9.80 Å². The SMILES string of the molecule is CC(C)(C)c1cc(N2c3ccc(C(C)(C)C)cc3B3c4cc5c(cc4N(c4cc(C(C)(C)C)cc(C(C)(C)C)c4)c4cccc2c43)CCC5)cc(C(C)(C)C)c1. The quantitative estimate of drug-likeness (QED) is 0.163. The Morgan fingerprint density at radius 1 is 0.393 bits per heavy atom. The van der Waals surface area contributed by atoms with Crippen molar-refractivity contribution in [1.82, 2.24) is 0 Å². The molecule has 0 aromatic heterocycles. The van der Waals surface area contributed by atoms with Gasteiger partial charge < -0.3 is 9.80 Å². The molecule has 0 N–H and O–H groups in total. The molecule has 0 amide bonds. The minimum atomic E-state index is 0.00230. The van der Waals surface area contributed by atoms with E-state index in [0.29, 0.717) is 0 Å². The zero-order chi connectivity index (χ0) is 40.5. The summed E-state index contributed by atoms with van der Waals surface area (Å²) in [4.78, 5) is 5.26. The fourth-order valence-corrected chi connectivity index (χ4v) is 9.24. The fourth-order valence-electron chi connectivity index (χ4n) is 9.24. The monoisotopic (exact) mass is 741 g/mol. The molecule has 290 valence electrons. The average molecular weight is 741 g/mol. The number of hydrogen-bond acceptors (Lipinski definition) is 2. The van der Waals surface area contributed by atoms with E-state index in [9.17, 15) is 0 Å². The number of nitrogens with zero attached hydrogens (tertiary/aromatic N) is 2. The van der Waals surface area contributed by atoms with Gasteiger partial charge in [-0.3, -0.25) is 0 Å². The zero-order valence-electron chi connectivity index (χ0n) is 37.2. The van der Waals surface area contributed by atoms with Crippen molar-refractivity contribution in [1.29, 1.82) is 0 Å². The van der Waals surface area contributed by atoms with Gasteiger partial charge in [0.2, 0.25) is 0 Å². The Morgan fingerprint density at radius 3 is 1.25 bits per heavy atom. The van der Waals surface area contributed by atoms with E-state index in [2.05, 4.69) is 199 Å². The Morgan fingerprint density at radius 2 is 0.804 bits per heavy atom. The molecular weight excluding hydrogens is 675 g/mol. The summed E-state index contributed by atoms with van der Waals surface area (Å²) in [5.41, 5.74) is 22.0. The second kappa shape index (κ2) is 12.6. The van der Waals surface area contributed by atoms with Gasteiger partial charge in [0.05, 0.1) is 0 Å². The Bertz CT molecular complexity index is 2310. The van der Waals surface area contributed by atoms with Crippen molar-refractivity contribution in [3.63, 3.8) is 0 Å². The van der Waals surface area contributed by atoms with Crippen LogP contribution in [0.1, 0.15) is 149 Å². The van der Waals surface area contributed by atoms with E-state index >= 15 is 0 Å². The van der Waals surface area contributed by atoms with E-state index in [1.165, 1.54) is 95.9 Å². The van der Waals surface area contributed by atoms with Crippen LogP contribution in [-0.2, 0) is 39.9 Å². The molecule has 1 aliphatic carbocycles. The maximum Gasteiger partial charge on any atom is 0.252 e. The summed E-state index contributed by atoms with van der Waals surface area (Å²) >= 11 is 0. The molecule has 56 heavy (non-hydrogen) atoms. The summed E-state index contributed by atoms with van der Waals surface area (Å²) < 4.78 is 0. The molecule has 5 aromatic carbocycles. The van der Waals surface area contributed by atoms with Crippen LogP contribution in [0.4, 0.5) is 34.1 Å². The molecule has 0 spiro atoms. The van der Waals surface area contributed by atoms with Crippen LogP contribution in [0, 0.1) is 0 Å². The van der Waals surface area contributed by atoms with Crippen LogP contribution >= 0.6 is 0 Å². The molecule has 3 aliphatic rings. The second-order valence-electron chi connectivity index (χ2n) is 22.4. The molecule has 2 nitrogen and oxygen atoms in total. The molecule has 0 radical (unpaired) electrons. The fraction of sp³-hybridized carbons (Fsp3) is 0.434. The first-order valence-electron chi connectivity index (χ1n) is 21.3. The standard InChI is InChI=1S/C53H65BN2/c1-49(2,3)35-22-23-44-43(32-35)54-42-24-33-18-16-19-34(33)25-47(42)56(41-30-38(52(10,11)12)27-39(31-41)53(13,14)15)46-21-17-20-45(48(46)54)55(44)40-28-36(50(4,5)6)26-37(29-40)51(7,8)9/h17,20-32H,16,18-19H2,1-15H3. The Hall–Kier alpha value is -4.24. The highest BCUT2D eigenvalue weighted by molar-refractivity contribution is 7.00. The third-order valence-corrected chi connectivity index (χ3v) is 12.9. The van der Waals surface area contributed by atoms with E-state index in [0.717, 1.165) is 12.8 Å². The Balaban J connectivity index is 1.49. The van der Waals surface area contributed by atoms with Gasteiger partial charge in [0.15, 0.2) is 0 Å². The predicted octanol–water partition coefficient (Wildman–Crippen LogP) is 12.7. The lowest BCUT2D eigenvalue weighted by molar-refractivity contribution is 0.568. The van der Waals surface area contributed by atoms with Crippen LogP contribution < -0.4 is 26.2 Å². The summed E-state index contributed by atoms with van der Waals surface area (Å²) in [6.07, 6.45) is 3.54. The van der Waals surface area contributed by atoms with E-state index < -0.39 is 0 Å². The molecule has 3 heteroatoms. The van der Waals surface area contributed by atoms with Gasteiger partial charge in [-0.2, -0.15) is 0 Å². The van der Waals surface area contributed by atoms with E-state index in [1.807, 2.05) is 0 Å². The van der Waals surface area contributed by atoms with Crippen molar-refractivity contribution in [2.24, 2.45) is 0 Å². The summed E-state index contributed by atoms with van der Waals surface area (Å²) in [5.74, 6) is 0. The number of hydrogen-bond donors (Lipinski definition) is 0. The highest BCUT2D eigenvalue weighted by atomic mass is 15.2. The highest BCUT2D eigenvalue weighted by Gasteiger charge is 2.44.